The lowest BCUT2D eigenvalue weighted by molar-refractivity contribution is -0.175. The van der Waals surface area contributed by atoms with Crippen molar-refractivity contribution in [1.82, 2.24) is 0 Å². The molecule has 8 heteroatoms. The average Bonchev–Trinajstić information content (AvgIpc) is 3.01. The standard InChI is InChI=1S/C23H26Cl2O6/c1-4-5-7-23-8-6-14(26)10-15(23)18-13(11-23)9-16(19(24)20(18)25)30-12-17(27)31-22(2,3)21(28)29/h9-10H,4-8,11-12H2,1-3H3,(H,28,29). The van der Waals surface area contributed by atoms with Gasteiger partial charge in [0.25, 0.3) is 0 Å². The Hall–Kier alpha value is -2.05. The second-order valence-electron chi connectivity index (χ2n) is 8.70. The summed E-state index contributed by atoms with van der Waals surface area (Å²) in [6.07, 6.45) is 6.77. The van der Waals surface area contributed by atoms with Crippen molar-refractivity contribution in [2.75, 3.05) is 6.61 Å². The maximum absolute atomic E-state index is 12.2. The van der Waals surface area contributed by atoms with E-state index in [0.29, 0.717) is 11.4 Å². The van der Waals surface area contributed by atoms with Crippen LogP contribution in [-0.4, -0.2) is 35.0 Å². The zero-order chi connectivity index (χ0) is 23.0. The minimum absolute atomic E-state index is 0.0891. The van der Waals surface area contributed by atoms with Gasteiger partial charge in [-0.05, 0) is 56.4 Å². The predicted molar refractivity (Wildman–Crippen MR) is 118 cm³/mol. The summed E-state index contributed by atoms with van der Waals surface area (Å²) in [7, 11) is 0. The first-order valence-electron chi connectivity index (χ1n) is 10.3. The van der Waals surface area contributed by atoms with Gasteiger partial charge in [-0.1, -0.05) is 43.0 Å². The molecule has 0 amide bonds. The zero-order valence-electron chi connectivity index (χ0n) is 17.8. The molecular weight excluding hydrogens is 443 g/mol. The van der Waals surface area contributed by atoms with Crippen molar-refractivity contribution in [3.63, 3.8) is 0 Å². The molecule has 0 bridgehead atoms. The van der Waals surface area contributed by atoms with E-state index >= 15 is 0 Å². The number of carboxylic acids is 1. The number of carboxylic acid groups (broad SMARTS) is 1. The van der Waals surface area contributed by atoms with Crippen molar-refractivity contribution >= 4 is 46.5 Å². The van der Waals surface area contributed by atoms with E-state index in [1.807, 2.05) is 0 Å². The van der Waals surface area contributed by atoms with Gasteiger partial charge >= 0.3 is 11.9 Å². The molecule has 0 fully saturated rings. The summed E-state index contributed by atoms with van der Waals surface area (Å²) in [6.45, 7) is 4.18. The number of rotatable bonds is 8. The first kappa shape index (κ1) is 23.6. The van der Waals surface area contributed by atoms with E-state index in [4.69, 9.17) is 37.8 Å². The Morgan fingerprint density at radius 3 is 2.61 bits per heavy atom. The van der Waals surface area contributed by atoms with Gasteiger partial charge in [-0.25, -0.2) is 9.59 Å². The molecule has 6 nitrogen and oxygen atoms in total. The minimum atomic E-state index is -1.67. The molecule has 2 aliphatic rings. The fourth-order valence-corrected chi connectivity index (χ4v) is 4.83. The molecule has 168 valence electrons. The number of esters is 1. The van der Waals surface area contributed by atoms with Gasteiger partial charge in [0.05, 0.1) is 5.02 Å². The van der Waals surface area contributed by atoms with Crippen molar-refractivity contribution in [3.05, 3.63) is 33.3 Å². The van der Waals surface area contributed by atoms with Crippen molar-refractivity contribution < 1.29 is 29.0 Å². The Balaban J connectivity index is 1.87. The number of benzene rings is 1. The van der Waals surface area contributed by atoms with E-state index in [0.717, 1.165) is 48.8 Å². The van der Waals surface area contributed by atoms with Crippen LogP contribution in [0.5, 0.6) is 5.75 Å². The van der Waals surface area contributed by atoms with Crippen LogP contribution in [0.3, 0.4) is 0 Å². The number of hydrogen-bond acceptors (Lipinski definition) is 5. The maximum Gasteiger partial charge on any atom is 0.347 e. The average molecular weight is 469 g/mol. The third kappa shape index (κ3) is 4.60. The number of carbonyl (C=O) groups excluding carboxylic acids is 2. The lowest BCUT2D eigenvalue weighted by Gasteiger charge is -2.34. The fraction of sp³-hybridized carbons (Fsp3) is 0.522. The highest BCUT2D eigenvalue weighted by Crippen LogP contribution is 2.58. The van der Waals surface area contributed by atoms with Crippen LogP contribution >= 0.6 is 23.2 Å². The monoisotopic (exact) mass is 468 g/mol. The maximum atomic E-state index is 12.2. The number of unbranched alkanes of at least 4 members (excludes halogenated alkanes) is 1. The molecule has 1 N–H and O–H groups in total. The van der Waals surface area contributed by atoms with Gasteiger partial charge in [0, 0.05) is 17.4 Å². The van der Waals surface area contributed by atoms with Crippen LogP contribution in [-0.2, 0) is 25.5 Å². The first-order chi connectivity index (χ1) is 14.5. The number of ether oxygens (including phenoxy) is 2. The second kappa shape index (κ2) is 8.83. The lowest BCUT2D eigenvalue weighted by atomic mass is 9.69. The quantitative estimate of drug-likeness (QED) is 0.523. The number of carbonyl (C=O) groups is 3. The van der Waals surface area contributed by atoms with Gasteiger partial charge in [-0.2, -0.15) is 0 Å². The van der Waals surface area contributed by atoms with Crippen LogP contribution in [0.1, 0.15) is 64.0 Å². The largest absolute Gasteiger partial charge is 0.480 e. The summed E-state index contributed by atoms with van der Waals surface area (Å²) in [5.41, 5.74) is 0.870. The molecule has 0 saturated heterocycles. The van der Waals surface area contributed by atoms with Gasteiger partial charge in [-0.3, -0.25) is 4.79 Å². The predicted octanol–water partition coefficient (Wildman–Crippen LogP) is 5.26. The molecule has 0 heterocycles. The number of allylic oxidation sites excluding steroid dienone is 2. The molecule has 1 aromatic carbocycles. The van der Waals surface area contributed by atoms with E-state index in [1.165, 1.54) is 13.8 Å². The van der Waals surface area contributed by atoms with Crippen molar-refractivity contribution in [2.24, 2.45) is 5.41 Å². The molecule has 2 aliphatic carbocycles. The number of fused-ring (bicyclic) bond motifs is 3. The highest BCUT2D eigenvalue weighted by atomic mass is 35.5. The topological polar surface area (TPSA) is 89.9 Å². The SMILES string of the molecule is CCCCC12CCC(=O)C=C1c1c(cc(OCC(=O)OC(C)(C)C(=O)O)c(Cl)c1Cl)C2. The van der Waals surface area contributed by atoms with E-state index in [2.05, 4.69) is 6.92 Å². The highest BCUT2D eigenvalue weighted by molar-refractivity contribution is 6.44. The number of hydrogen-bond donors (Lipinski definition) is 1. The Bertz CT molecular complexity index is 965. The Morgan fingerprint density at radius 2 is 1.97 bits per heavy atom. The Kier molecular flexibility index (Phi) is 6.72. The van der Waals surface area contributed by atoms with Crippen LogP contribution < -0.4 is 4.74 Å². The van der Waals surface area contributed by atoms with Crippen molar-refractivity contribution in [1.29, 1.82) is 0 Å². The minimum Gasteiger partial charge on any atom is -0.480 e. The van der Waals surface area contributed by atoms with E-state index in [9.17, 15) is 14.4 Å². The number of ketones is 1. The van der Waals surface area contributed by atoms with Crippen molar-refractivity contribution in [3.8, 4) is 5.75 Å². The second-order valence-corrected chi connectivity index (χ2v) is 9.46. The Labute approximate surface area is 191 Å². The first-order valence-corrected chi connectivity index (χ1v) is 11.1. The van der Waals surface area contributed by atoms with Gasteiger partial charge in [-0.15, -0.1) is 0 Å². The summed E-state index contributed by atoms with van der Waals surface area (Å²) in [5, 5.41) is 9.53. The molecule has 0 aromatic heterocycles. The van der Waals surface area contributed by atoms with E-state index < -0.39 is 24.1 Å². The van der Waals surface area contributed by atoms with E-state index in [1.54, 1.807) is 12.1 Å². The highest BCUT2D eigenvalue weighted by Gasteiger charge is 2.45. The fourth-order valence-electron chi connectivity index (χ4n) is 4.31. The molecule has 31 heavy (non-hydrogen) atoms. The molecule has 0 aliphatic heterocycles. The number of halogens is 2. The normalized spacial score (nSPS) is 20.0. The van der Waals surface area contributed by atoms with Crippen molar-refractivity contribution in [2.45, 2.75) is 64.9 Å². The number of aliphatic carboxylic acids is 1. The van der Waals surface area contributed by atoms with Crippen LogP contribution in [0, 0.1) is 5.41 Å². The lowest BCUT2D eigenvalue weighted by Crippen LogP contribution is -2.38. The van der Waals surface area contributed by atoms with Crippen LogP contribution in [0.2, 0.25) is 10.0 Å². The summed E-state index contributed by atoms with van der Waals surface area (Å²) >= 11 is 13.1. The van der Waals surface area contributed by atoms with E-state index in [-0.39, 0.29) is 22.0 Å². The van der Waals surface area contributed by atoms with Crippen LogP contribution in [0.25, 0.3) is 5.57 Å². The molecule has 0 radical (unpaired) electrons. The molecule has 1 unspecified atom stereocenters. The van der Waals surface area contributed by atoms with Gasteiger partial charge in [0.15, 0.2) is 12.4 Å². The molecule has 1 atom stereocenters. The van der Waals surface area contributed by atoms with Gasteiger partial charge in [0.1, 0.15) is 10.8 Å². The Morgan fingerprint density at radius 1 is 1.26 bits per heavy atom. The molecule has 1 aromatic rings. The summed E-state index contributed by atoms with van der Waals surface area (Å²) in [6, 6.07) is 1.76. The van der Waals surface area contributed by atoms with Gasteiger partial charge in [0.2, 0.25) is 5.60 Å². The smallest absolute Gasteiger partial charge is 0.347 e. The zero-order valence-corrected chi connectivity index (χ0v) is 19.4. The molecule has 3 rings (SSSR count). The molecule has 0 saturated carbocycles. The third-order valence-corrected chi connectivity index (χ3v) is 6.87. The molecule has 0 spiro atoms. The summed E-state index contributed by atoms with van der Waals surface area (Å²) in [5.74, 6) is -1.78. The third-order valence-electron chi connectivity index (χ3n) is 6.02. The van der Waals surface area contributed by atoms with Crippen LogP contribution in [0.4, 0.5) is 0 Å². The van der Waals surface area contributed by atoms with Crippen LogP contribution in [0.15, 0.2) is 12.1 Å². The summed E-state index contributed by atoms with van der Waals surface area (Å²) in [4.78, 5) is 35.3. The summed E-state index contributed by atoms with van der Waals surface area (Å²) < 4.78 is 10.5. The molecular formula is C23H26Cl2O6. The van der Waals surface area contributed by atoms with Gasteiger partial charge < -0.3 is 14.6 Å².